The van der Waals surface area contributed by atoms with Crippen molar-refractivity contribution in [2.45, 2.75) is 23.8 Å². The monoisotopic (exact) mass is 333 g/mol. The smallest absolute Gasteiger partial charge is 0.277 e. The van der Waals surface area contributed by atoms with Gasteiger partial charge in [0.25, 0.3) is 5.22 Å². The van der Waals surface area contributed by atoms with E-state index in [0.717, 1.165) is 11.3 Å². The predicted octanol–water partition coefficient (Wildman–Crippen LogP) is 2.45. The molecule has 0 saturated carbocycles. The van der Waals surface area contributed by atoms with Gasteiger partial charge in [0.1, 0.15) is 5.75 Å². The molecule has 23 heavy (non-hydrogen) atoms. The number of hydrogen-bond donors (Lipinski definition) is 1. The summed E-state index contributed by atoms with van der Waals surface area (Å²) in [6.45, 7) is 5.79. The third-order valence-corrected chi connectivity index (χ3v) is 3.96. The van der Waals surface area contributed by atoms with Crippen molar-refractivity contribution in [1.82, 2.24) is 15.5 Å². The summed E-state index contributed by atoms with van der Waals surface area (Å²) >= 11 is 1.23. The summed E-state index contributed by atoms with van der Waals surface area (Å²) in [5.74, 6) is 1.22. The normalized spacial score (nSPS) is 11.7. The average Bonchev–Trinajstić information content (AvgIpc) is 3.00. The van der Waals surface area contributed by atoms with E-state index in [4.69, 9.17) is 9.15 Å². The quantitative estimate of drug-likeness (QED) is 0.591. The van der Waals surface area contributed by atoms with Gasteiger partial charge in [-0.1, -0.05) is 30.0 Å². The Morgan fingerprint density at radius 2 is 2.17 bits per heavy atom. The molecule has 1 aromatic carbocycles. The Bertz CT molecular complexity index is 655. The molecule has 0 saturated heterocycles. The van der Waals surface area contributed by atoms with Gasteiger partial charge >= 0.3 is 0 Å². The summed E-state index contributed by atoms with van der Waals surface area (Å²) in [5.41, 5.74) is 1.04. The van der Waals surface area contributed by atoms with Crippen molar-refractivity contribution in [2.75, 3.05) is 13.7 Å². The van der Waals surface area contributed by atoms with Crippen molar-refractivity contribution < 1.29 is 13.9 Å². The molecule has 0 bridgehead atoms. The highest BCUT2D eigenvalue weighted by Gasteiger charge is 2.17. The molecule has 0 aliphatic heterocycles. The number of carbonyl (C=O) groups is 1. The highest BCUT2D eigenvalue weighted by atomic mass is 32.2. The number of methoxy groups -OCH3 is 1. The maximum atomic E-state index is 11.8. The van der Waals surface area contributed by atoms with Crippen molar-refractivity contribution >= 4 is 17.7 Å². The molecule has 0 fully saturated rings. The molecule has 7 heteroatoms. The molecule has 6 nitrogen and oxygen atoms in total. The summed E-state index contributed by atoms with van der Waals surface area (Å²) in [4.78, 5) is 11.8. The van der Waals surface area contributed by atoms with Gasteiger partial charge in [-0.05, 0) is 24.6 Å². The first kappa shape index (κ1) is 17.1. The summed E-state index contributed by atoms with van der Waals surface area (Å²) in [6.07, 6.45) is 2.17. The van der Waals surface area contributed by atoms with Crippen LogP contribution in [0.25, 0.3) is 0 Å². The first-order chi connectivity index (χ1) is 11.1. The lowest BCUT2D eigenvalue weighted by Gasteiger charge is -2.07. The van der Waals surface area contributed by atoms with Gasteiger partial charge in [0.05, 0.1) is 18.8 Å². The van der Waals surface area contributed by atoms with Crippen LogP contribution in [0.2, 0.25) is 0 Å². The number of nitrogens with zero attached hydrogens (tertiary/aromatic N) is 2. The molecular weight excluding hydrogens is 314 g/mol. The first-order valence-corrected chi connectivity index (χ1v) is 8.01. The first-order valence-electron chi connectivity index (χ1n) is 7.13. The topological polar surface area (TPSA) is 77.2 Å². The lowest BCUT2D eigenvalue weighted by Crippen LogP contribution is -2.30. The molecule has 1 unspecified atom stereocenters. The summed E-state index contributed by atoms with van der Waals surface area (Å²) in [6, 6.07) is 7.66. The van der Waals surface area contributed by atoms with Crippen LogP contribution in [-0.4, -0.2) is 35.0 Å². The average molecular weight is 333 g/mol. The standard InChI is InChI=1S/C16H19N3O3S/c1-4-9-17-15(20)11(2)23-16-19-18-14(22-16)10-12-5-7-13(21-3)8-6-12/h4-8,11H,1,9-10H2,2-3H3,(H,17,20). The number of nitrogens with one attached hydrogen (secondary N) is 1. The number of carbonyl (C=O) groups excluding carboxylic acids is 1. The SMILES string of the molecule is C=CCNC(=O)C(C)Sc1nnc(Cc2ccc(OC)cc2)o1. The van der Waals surface area contributed by atoms with Crippen LogP contribution in [0, 0.1) is 0 Å². The zero-order valence-corrected chi connectivity index (χ0v) is 13.9. The fraction of sp³-hybridized carbons (Fsp3) is 0.312. The molecule has 1 atom stereocenters. The van der Waals surface area contributed by atoms with Crippen LogP contribution in [-0.2, 0) is 11.2 Å². The van der Waals surface area contributed by atoms with Gasteiger partial charge in [0.15, 0.2) is 0 Å². The number of rotatable bonds is 8. The Morgan fingerprint density at radius 3 is 2.83 bits per heavy atom. The van der Waals surface area contributed by atoms with E-state index in [1.165, 1.54) is 11.8 Å². The van der Waals surface area contributed by atoms with Crippen LogP contribution in [0.15, 0.2) is 46.6 Å². The van der Waals surface area contributed by atoms with Crippen molar-refractivity contribution in [3.8, 4) is 5.75 Å². The van der Waals surface area contributed by atoms with Gasteiger partial charge in [-0.25, -0.2) is 0 Å². The minimum absolute atomic E-state index is 0.0928. The number of benzene rings is 1. The van der Waals surface area contributed by atoms with Crippen LogP contribution < -0.4 is 10.1 Å². The Morgan fingerprint density at radius 1 is 1.43 bits per heavy atom. The van der Waals surface area contributed by atoms with Crippen LogP contribution >= 0.6 is 11.8 Å². The predicted molar refractivity (Wildman–Crippen MR) is 88.6 cm³/mol. The number of hydrogen-bond acceptors (Lipinski definition) is 6. The van der Waals surface area contributed by atoms with E-state index in [1.807, 2.05) is 24.3 Å². The number of thioether (sulfide) groups is 1. The zero-order valence-electron chi connectivity index (χ0n) is 13.1. The summed E-state index contributed by atoms with van der Waals surface area (Å²) in [5, 5.41) is 10.8. The van der Waals surface area contributed by atoms with Crippen molar-refractivity contribution in [3.05, 3.63) is 48.4 Å². The van der Waals surface area contributed by atoms with E-state index in [1.54, 1.807) is 20.1 Å². The van der Waals surface area contributed by atoms with Crippen molar-refractivity contribution in [3.63, 3.8) is 0 Å². The minimum Gasteiger partial charge on any atom is -0.497 e. The Labute approximate surface area is 139 Å². The molecular formula is C16H19N3O3S. The molecule has 0 aliphatic carbocycles. The van der Waals surface area contributed by atoms with E-state index in [0.29, 0.717) is 24.1 Å². The van der Waals surface area contributed by atoms with Gasteiger partial charge in [-0.2, -0.15) is 0 Å². The van der Waals surface area contributed by atoms with Gasteiger partial charge in [-0.15, -0.1) is 16.8 Å². The van der Waals surface area contributed by atoms with Gasteiger partial charge < -0.3 is 14.5 Å². The second-order valence-electron chi connectivity index (χ2n) is 4.78. The van der Waals surface area contributed by atoms with Crippen LogP contribution in [0.1, 0.15) is 18.4 Å². The largest absolute Gasteiger partial charge is 0.497 e. The number of aromatic nitrogens is 2. The molecule has 2 rings (SSSR count). The van der Waals surface area contributed by atoms with Crippen LogP contribution in [0.4, 0.5) is 0 Å². The molecule has 1 amide bonds. The van der Waals surface area contributed by atoms with E-state index < -0.39 is 0 Å². The van der Waals surface area contributed by atoms with Gasteiger partial charge in [-0.3, -0.25) is 4.79 Å². The minimum atomic E-state index is -0.316. The van der Waals surface area contributed by atoms with E-state index >= 15 is 0 Å². The molecule has 1 aromatic heterocycles. The highest BCUT2D eigenvalue weighted by Crippen LogP contribution is 2.23. The van der Waals surface area contributed by atoms with Gasteiger partial charge in [0, 0.05) is 6.54 Å². The summed E-state index contributed by atoms with van der Waals surface area (Å²) in [7, 11) is 1.63. The van der Waals surface area contributed by atoms with Crippen molar-refractivity contribution in [1.29, 1.82) is 0 Å². The third-order valence-electron chi connectivity index (χ3n) is 3.03. The Kier molecular flexibility index (Phi) is 6.22. The lowest BCUT2D eigenvalue weighted by molar-refractivity contribution is -0.120. The molecule has 2 aromatic rings. The molecule has 1 N–H and O–H groups in total. The number of ether oxygens (including phenoxy) is 1. The third kappa shape index (κ3) is 5.14. The fourth-order valence-corrected chi connectivity index (χ4v) is 2.52. The van der Waals surface area contributed by atoms with Gasteiger partial charge in [0.2, 0.25) is 11.8 Å². The van der Waals surface area contributed by atoms with E-state index in [2.05, 4.69) is 22.1 Å². The van der Waals surface area contributed by atoms with E-state index in [9.17, 15) is 4.79 Å². The molecule has 1 heterocycles. The number of amides is 1. The zero-order chi connectivity index (χ0) is 16.7. The Hall–Kier alpha value is -2.28. The molecule has 0 spiro atoms. The van der Waals surface area contributed by atoms with Crippen molar-refractivity contribution in [2.24, 2.45) is 0 Å². The summed E-state index contributed by atoms with van der Waals surface area (Å²) < 4.78 is 10.7. The fourth-order valence-electron chi connectivity index (χ4n) is 1.80. The Balaban J connectivity index is 1.91. The van der Waals surface area contributed by atoms with E-state index in [-0.39, 0.29) is 11.2 Å². The molecule has 0 radical (unpaired) electrons. The molecule has 122 valence electrons. The maximum Gasteiger partial charge on any atom is 0.277 e. The second kappa shape index (κ2) is 8.38. The second-order valence-corrected chi connectivity index (χ2v) is 6.07. The molecule has 0 aliphatic rings. The van der Waals surface area contributed by atoms with Crippen LogP contribution in [0.5, 0.6) is 5.75 Å². The lowest BCUT2D eigenvalue weighted by atomic mass is 10.1. The maximum absolute atomic E-state index is 11.8. The van der Waals surface area contributed by atoms with Crippen LogP contribution in [0.3, 0.4) is 0 Å². The highest BCUT2D eigenvalue weighted by molar-refractivity contribution is 8.00.